The van der Waals surface area contributed by atoms with Crippen LogP contribution in [-0.2, 0) is 30.8 Å². The lowest BCUT2D eigenvalue weighted by Gasteiger charge is -2.16. The van der Waals surface area contributed by atoms with Gasteiger partial charge in [0.1, 0.15) is 30.5 Å². The number of anilines is 1. The molecular formula is C25H29N3O5. The monoisotopic (exact) mass is 451 g/mol. The van der Waals surface area contributed by atoms with Gasteiger partial charge in [-0.1, -0.05) is 19.1 Å². The summed E-state index contributed by atoms with van der Waals surface area (Å²) in [7, 11) is 1.58. The SMILES string of the molecule is CCc1cccc(NC(=O)Cn2c(COc3ccc(OC)cc3)nc(C)c(CCO)c2=O)c1. The third-order valence-corrected chi connectivity index (χ3v) is 5.26. The van der Waals surface area contributed by atoms with E-state index in [9.17, 15) is 14.7 Å². The van der Waals surface area contributed by atoms with Crippen molar-refractivity contribution in [1.29, 1.82) is 0 Å². The highest BCUT2D eigenvalue weighted by molar-refractivity contribution is 5.90. The molecule has 0 atom stereocenters. The van der Waals surface area contributed by atoms with Gasteiger partial charge in [0.2, 0.25) is 5.91 Å². The lowest BCUT2D eigenvalue weighted by molar-refractivity contribution is -0.116. The van der Waals surface area contributed by atoms with Crippen LogP contribution in [-0.4, -0.2) is 34.3 Å². The Balaban J connectivity index is 1.85. The van der Waals surface area contributed by atoms with Gasteiger partial charge >= 0.3 is 0 Å². The van der Waals surface area contributed by atoms with Gasteiger partial charge < -0.3 is 19.9 Å². The first kappa shape index (κ1) is 24.0. The Kier molecular flexibility index (Phi) is 8.21. The van der Waals surface area contributed by atoms with Gasteiger partial charge in [0.25, 0.3) is 5.56 Å². The molecule has 8 heteroatoms. The predicted octanol–water partition coefficient (Wildman–Crippen LogP) is 2.88. The van der Waals surface area contributed by atoms with E-state index in [1.165, 1.54) is 4.57 Å². The molecule has 1 aromatic heterocycles. The molecule has 0 saturated heterocycles. The van der Waals surface area contributed by atoms with E-state index >= 15 is 0 Å². The van der Waals surface area contributed by atoms with Crippen LogP contribution in [0.25, 0.3) is 0 Å². The Morgan fingerprint density at radius 1 is 1.15 bits per heavy atom. The number of methoxy groups -OCH3 is 1. The molecule has 2 N–H and O–H groups in total. The number of carbonyl (C=O) groups excluding carboxylic acids is 1. The van der Waals surface area contributed by atoms with Crippen LogP contribution < -0.4 is 20.3 Å². The molecule has 0 aliphatic carbocycles. The van der Waals surface area contributed by atoms with E-state index in [4.69, 9.17) is 9.47 Å². The van der Waals surface area contributed by atoms with E-state index in [1.807, 2.05) is 25.1 Å². The molecule has 1 amide bonds. The fraction of sp³-hybridized carbons (Fsp3) is 0.320. The van der Waals surface area contributed by atoms with Gasteiger partial charge in [-0.25, -0.2) is 4.98 Å². The molecule has 0 aliphatic rings. The molecule has 1 heterocycles. The van der Waals surface area contributed by atoms with Crippen molar-refractivity contribution in [1.82, 2.24) is 9.55 Å². The molecular weight excluding hydrogens is 422 g/mol. The summed E-state index contributed by atoms with van der Waals surface area (Å²) < 4.78 is 12.3. The van der Waals surface area contributed by atoms with Gasteiger partial charge in [-0.05, 0) is 55.3 Å². The minimum atomic E-state index is -0.359. The van der Waals surface area contributed by atoms with Gasteiger partial charge in [-0.3, -0.25) is 14.2 Å². The maximum Gasteiger partial charge on any atom is 0.257 e. The zero-order chi connectivity index (χ0) is 23.8. The minimum Gasteiger partial charge on any atom is -0.497 e. The second-order valence-corrected chi connectivity index (χ2v) is 7.52. The van der Waals surface area contributed by atoms with Crippen molar-refractivity contribution in [2.75, 3.05) is 19.0 Å². The highest BCUT2D eigenvalue weighted by Crippen LogP contribution is 2.18. The smallest absolute Gasteiger partial charge is 0.257 e. The van der Waals surface area contributed by atoms with Crippen LogP contribution in [0.5, 0.6) is 11.5 Å². The molecule has 0 unspecified atom stereocenters. The molecule has 0 bridgehead atoms. The maximum absolute atomic E-state index is 13.1. The Bertz CT molecular complexity index is 1160. The van der Waals surface area contributed by atoms with Crippen LogP contribution in [0.1, 0.15) is 29.6 Å². The fourth-order valence-electron chi connectivity index (χ4n) is 3.46. The zero-order valence-corrected chi connectivity index (χ0v) is 19.1. The van der Waals surface area contributed by atoms with Gasteiger partial charge in [0, 0.05) is 30.0 Å². The molecule has 0 radical (unpaired) electrons. The third kappa shape index (κ3) is 6.20. The molecule has 2 aromatic carbocycles. The first-order valence-corrected chi connectivity index (χ1v) is 10.8. The summed E-state index contributed by atoms with van der Waals surface area (Å²) in [5, 5.41) is 12.2. The van der Waals surface area contributed by atoms with Crippen LogP contribution in [0.2, 0.25) is 0 Å². The summed E-state index contributed by atoms with van der Waals surface area (Å²) in [6, 6.07) is 14.6. The molecule has 174 valence electrons. The number of benzene rings is 2. The summed E-state index contributed by atoms with van der Waals surface area (Å²) >= 11 is 0. The van der Waals surface area contributed by atoms with E-state index in [0.29, 0.717) is 34.3 Å². The number of amides is 1. The van der Waals surface area contributed by atoms with E-state index in [2.05, 4.69) is 10.3 Å². The number of aliphatic hydroxyl groups is 1. The Hall–Kier alpha value is -3.65. The number of ether oxygens (including phenoxy) is 2. The Morgan fingerprint density at radius 2 is 1.88 bits per heavy atom. The summed E-state index contributed by atoms with van der Waals surface area (Å²) in [5.74, 6) is 1.25. The van der Waals surface area contributed by atoms with Crippen molar-refractivity contribution in [3.05, 3.63) is 81.5 Å². The second-order valence-electron chi connectivity index (χ2n) is 7.52. The van der Waals surface area contributed by atoms with Crippen molar-refractivity contribution < 1.29 is 19.4 Å². The number of nitrogens with one attached hydrogen (secondary N) is 1. The van der Waals surface area contributed by atoms with Crippen molar-refractivity contribution in [3.8, 4) is 11.5 Å². The molecule has 0 spiro atoms. The number of aliphatic hydroxyl groups excluding tert-OH is 1. The Morgan fingerprint density at radius 3 is 2.55 bits per heavy atom. The zero-order valence-electron chi connectivity index (χ0n) is 19.1. The number of hydrogen-bond acceptors (Lipinski definition) is 6. The van der Waals surface area contributed by atoms with Crippen molar-refractivity contribution >= 4 is 11.6 Å². The van der Waals surface area contributed by atoms with Gasteiger partial charge in [0.05, 0.1) is 7.11 Å². The average molecular weight is 452 g/mol. The molecule has 0 fully saturated rings. The predicted molar refractivity (Wildman–Crippen MR) is 126 cm³/mol. The van der Waals surface area contributed by atoms with Gasteiger partial charge in [-0.2, -0.15) is 0 Å². The topological polar surface area (TPSA) is 103 Å². The quantitative estimate of drug-likeness (QED) is 0.491. The van der Waals surface area contributed by atoms with Gasteiger partial charge in [-0.15, -0.1) is 0 Å². The summed E-state index contributed by atoms with van der Waals surface area (Å²) in [6.45, 7) is 3.35. The number of aromatic nitrogens is 2. The van der Waals surface area contributed by atoms with Crippen molar-refractivity contribution in [3.63, 3.8) is 0 Å². The molecule has 33 heavy (non-hydrogen) atoms. The van der Waals surface area contributed by atoms with Crippen LogP contribution in [0.4, 0.5) is 5.69 Å². The van der Waals surface area contributed by atoms with Crippen molar-refractivity contribution in [2.24, 2.45) is 0 Å². The summed E-state index contributed by atoms with van der Waals surface area (Å²) in [5.41, 5.74) is 2.29. The molecule has 3 rings (SSSR count). The van der Waals surface area contributed by atoms with E-state index in [-0.39, 0.29) is 37.6 Å². The number of carbonyl (C=O) groups is 1. The van der Waals surface area contributed by atoms with Crippen LogP contribution in [0, 0.1) is 6.92 Å². The van der Waals surface area contributed by atoms with Crippen LogP contribution in [0.15, 0.2) is 53.3 Å². The minimum absolute atomic E-state index is 0.000410. The summed E-state index contributed by atoms with van der Waals surface area (Å²) in [6.07, 6.45) is 1.01. The molecule has 3 aromatic rings. The number of hydrogen-bond donors (Lipinski definition) is 2. The maximum atomic E-state index is 13.1. The number of aryl methyl sites for hydroxylation is 2. The molecule has 0 saturated carbocycles. The lowest BCUT2D eigenvalue weighted by Crippen LogP contribution is -2.34. The largest absolute Gasteiger partial charge is 0.497 e. The van der Waals surface area contributed by atoms with E-state index < -0.39 is 0 Å². The number of rotatable bonds is 10. The van der Waals surface area contributed by atoms with Gasteiger partial charge in [0.15, 0.2) is 0 Å². The Labute approximate surface area is 192 Å². The standard InChI is InChI=1S/C25H29N3O5/c1-4-18-6-5-7-19(14-18)27-24(30)15-28-23(26-17(2)22(12-13-29)25(28)31)16-33-21-10-8-20(32-3)9-11-21/h5-11,14,29H,4,12-13,15-16H2,1-3H3,(H,27,30). The fourth-order valence-corrected chi connectivity index (χ4v) is 3.46. The number of nitrogens with zero attached hydrogens (tertiary/aromatic N) is 2. The highest BCUT2D eigenvalue weighted by Gasteiger charge is 2.17. The third-order valence-electron chi connectivity index (χ3n) is 5.26. The molecule has 8 nitrogen and oxygen atoms in total. The highest BCUT2D eigenvalue weighted by atomic mass is 16.5. The first-order valence-electron chi connectivity index (χ1n) is 10.8. The second kappa shape index (κ2) is 11.3. The molecule has 0 aliphatic heterocycles. The average Bonchev–Trinajstić information content (AvgIpc) is 2.83. The summed E-state index contributed by atoms with van der Waals surface area (Å²) in [4.78, 5) is 30.4. The van der Waals surface area contributed by atoms with Crippen molar-refractivity contribution in [2.45, 2.75) is 39.8 Å². The first-order chi connectivity index (χ1) is 15.9. The van der Waals surface area contributed by atoms with Crippen LogP contribution >= 0.6 is 0 Å². The van der Waals surface area contributed by atoms with Crippen LogP contribution in [0.3, 0.4) is 0 Å². The normalized spacial score (nSPS) is 10.7. The van der Waals surface area contributed by atoms with E-state index in [0.717, 1.165) is 12.0 Å². The lowest BCUT2D eigenvalue weighted by atomic mass is 10.1. The van der Waals surface area contributed by atoms with E-state index in [1.54, 1.807) is 44.4 Å².